The molecular weight excluding hydrogens is 408 g/mol. The number of hydrogen-bond acceptors (Lipinski definition) is 5. The van der Waals surface area contributed by atoms with Gasteiger partial charge in [0.1, 0.15) is 17.9 Å². The molecule has 0 aliphatic carbocycles. The molecular formula is C25H34N2O3S. The van der Waals surface area contributed by atoms with Crippen LogP contribution in [0, 0.1) is 0 Å². The Bertz CT molecular complexity index is 784. The molecule has 31 heavy (non-hydrogen) atoms. The zero-order valence-corrected chi connectivity index (χ0v) is 19.9. The standard InChI is InChI=1S/C25H34N2O3S/c1-24(2,3)30-23(29)27-22(17-28)25(4,31-5)18-26-16-21(19-12-8-6-9-13-19)20-14-10-7-11-15-20/h6-15,17,21-22,26H,16,18H2,1-5H3,(H,27,29). The Kier molecular flexibility index (Phi) is 9.14. The molecule has 2 unspecified atom stereocenters. The molecule has 0 heterocycles. The summed E-state index contributed by atoms with van der Waals surface area (Å²) in [6.45, 7) is 8.62. The lowest BCUT2D eigenvalue weighted by molar-refractivity contribution is -0.110. The summed E-state index contributed by atoms with van der Waals surface area (Å²) in [5.41, 5.74) is 1.83. The van der Waals surface area contributed by atoms with Crippen molar-refractivity contribution >= 4 is 24.1 Å². The molecule has 168 valence electrons. The van der Waals surface area contributed by atoms with Gasteiger partial charge in [-0.2, -0.15) is 11.8 Å². The predicted molar refractivity (Wildman–Crippen MR) is 129 cm³/mol. The first-order valence-corrected chi connectivity index (χ1v) is 11.7. The molecule has 2 aromatic carbocycles. The van der Waals surface area contributed by atoms with E-state index in [0.717, 1.165) is 6.29 Å². The van der Waals surface area contributed by atoms with Crippen LogP contribution in [-0.2, 0) is 9.53 Å². The first-order chi connectivity index (χ1) is 14.7. The zero-order valence-electron chi connectivity index (χ0n) is 19.1. The van der Waals surface area contributed by atoms with Gasteiger partial charge >= 0.3 is 6.09 Å². The van der Waals surface area contributed by atoms with E-state index in [1.165, 1.54) is 11.1 Å². The summed E-state index contributed by atoms with van der Waals surface area (Å²) in [6, 6.07) is 20.1. The van der Waals surface area contributed by atoms with Gasteiger partial charge in [-0.25, -0.2) is 4.79 Å². The van der Waals surface area contributed by atoms with Gasteiger partial charge in [0.15, 0.2) is 0 Å². The highest BCUT2D eigenvalue weighted by Crippen LogP contribution is 2.27. The lowest BCUT2D eigenvalue weighted by Gasteiger charge is -2.34. The quantitative estimate of drug-likeness (QED) is 0.526. The van der Waals surface area contributed by atoms with Crippen molar-refractivity contribution in [3.63, 3.8) is 0 Å². The van der Waals surface area contributed by atoms with E-state index in [2.05, 4.69) is 34.9 Å². The van der Waals surface area contributed by atoms with E-state index in [9.17, 15) is 9.59 Å². The SMILES string of the molecule is CSC(C)(CNCC(c1ccccc1)c1ccccc1)C(C=O)NC(=O)OC(C)(C)C. The minimum absolute atomic E-state index is 0.182. The average molecular weight is 443 g/mol. The van der Waals surface area contributed by atoms with Gasteiger partial charge in [0.25, 0.3) is 0 Å². The van der Waals surface area contributed by atoms with Crippen LogP contribution in [0.15, 0.2) is 60.7 Å². The normalized spacial score (nSPS) is 14.5. The van der Waals surface area contributed by atoms with Gasteiger partial charge in [-0.15, -0.1) is 0 Å². The van der Waals surface area contributed by atoms with Crippen LogP contribution in [0.4, 0.5) is 4.79 Å². The van der Waals surface area contributed by atoms with Gasteiger partial charge in [0.2, 0.25) is 0 Å². The highest BCUT2D eigenvalue weighted by molar-refractivity contribution is 8.00. The van der Waals surface area contributed by atoms with Crippen molar-refractivity contribution in [1.29, 1.82) is 0 Å². The molecule has 2 aromatic rings. The molecule has 0 saturated carbocycles. The molecule has 6 heteroatoms. The van der Waals surface area contributed by atoms with Crippen molar-refractivity contribution in [3.05, 3.63) is 71.8 Å². The fraction of sp³-hybridized carbons (Fsp3) is 0.440. The molecule has 0 aromatic heterocycles. The average Bonchev–Trinajstić information content (AvgIpc) is 2.75. The molecule has 0 fully saturated rings. The van der Waals surface area contributed by atoms with Gasteiger partial charge in [-0.1, -0.05) is 60.7 Å². The van der Waals surface area contributed by atoms with E-state index in [1.54, 1.807) is 32.5 Å². The molecule has 0 bridgehead atoms. The van der Waals surface area contributed by atoms with Gasteiger partial charge in [0.05, 0.1) is 4.75 Å². The van der Waals surface area contributed by atoms with E-state index in [4.69, 9.17) is 4.74 Å². The van der Waals surface area contributed by atoms with Crippen LogP contribution in [0.5, 0.6) is 0 Å². The second kappa shape index (κ2) is 11.3. The molecule has 5 nitrogen and oxygen atoms in total. The first-order valence-electron chi connectivity index (χ1n) is 10.5. The summed E-state index contributed by atoms with van der Waals surface area (Å²) in [4.78, 5) is 24.1. The number of thioether (sulfide) groups is 1. The van der Waals surface area contributed by atoms with E-state index >= 15 is 0 Å². The summed E-state index contributed by atoms with van der Waals surface area (Å²) in [6.07, 6.45) is 2.14. The molecule has 0 aliphatic heterocycles. The number of ether oxygens (including phenoxy) is 1. The number of alkyl carbamates (subject to hydrolysis) is 1. The lowest BCUT2D eigenvalue weighted by Crippen LogP contribution is -2.55. The number of aldehydes is 1. The van der Waals surface area contributed by atoms with Gasteiger partial charge < -0.3 is 20.2 Å². The molecule has 2 atom stereocenters. The van der Waals surface area contributed by atoms with Crippen molar-refractivity contribution in [2.75, 3.05) is 19.3 Å². The molecule has 0 radical (unpaired) electrons. The Balaban J connectivity index is 2.09. The largest absolute Gasteiger partial charge is 0.444 e. The predicted octanol–water partition coefficient (Wildman–Crippen LogP) is 4.62. The summed E-state index contributed by atoms with van der Waals surface area (Å²) < 4.78 is 4.80. The van der Waals surface area contributed by atoms with Crippen molar-refractivity contribution in [3.8, 4) is 0 Å². The Morgan fingerprint density at radius 2 is 1.52 bits per heavy atom. The third-order valence-corrected chi connectivity index (χ3v) is 6.49. The zero-order chi connectivity index (χ0) is 22.9. The smallest absolute Gasteiger partial charge is 0.408 e. The Hall–Kier alpha value is -2.31. The minimum atomic E-state index is -0.684. The minimum Gasteiger partial charge on any atom is -0.444 e. The molecule has 1 amide bonds. The highest BCUT2D eigenvalue weighted by atomic mass is 32.2. The fourth-order valence-electron chi connectivity index (χ4n) is 3.34. The van der Waals surface area contributed by atoms with Crippen LogP contribution in [0.3, 0.4) is 0 Å². The number of hydrogen-bond donors (Lipinski definition) is 2. The summed E-state index contributed by atoms with van der Waals surface area (Å²) in [5.74, 6) is 0.182. The monoisotopic (exact) mass is 442 g/mol. The van der Waals surface area contributed by atoms with E-state index in [1.807, 2.05) is 49.6 Å². The van der Waals surface area contributed by atoms with Gasteiger partial charge in [0, 0.05) is 19.0 Å². The summed E-state index contributed by atoms with van der Waals surface area (Å²) >= 11 is 1.54. The third kappa shape index (κ3) is 7.71. The van der Waals surface area contributed by atoms with Crippen LogP contribution in [0.2, 0.25) is 0 Å². The number of carbonyl (C=O) groups excluding carboxylic acids is 2. The highest BCUT2D eigenvalue weighted by Gasteiger charge is 2.35. The second-order valence-corrected chi connectivity index (χ2v) is 10.1. The number of nitrogens with one attached hydrogen (secondary N) is 2. The maximum Gasteiger partial charge on any atom is 0.408 e. The van der Waals surface area contributed by atoms with Crippen LogP contribution < -0.4 is 10.6 Å². The van der Waals surface area contributed by atoms with E-state index in [0.29, 0.717) is 13.1 Å². The maximum atomic E-state index is 12.2. The number of benzene rings is 2. The summed E-state index contributed by atoms with van der Waals surface area (Å²) in [7, 11) is 0. The first kappa shape index (κ1) is 25.0. The lowest BCUT2D eigenvalue weighted by atomic mass is 9.91. The van der Waals surface area contributed by atoms with Crippen molar-refractivity contribution in [1.82, 2.24) is 10.6 Å². The van der Waals surface area contributed by atoms with E-state index in [-0.39, 0.29) is 5.92 Å². The Morgan fingerprint density at radius 1 is 1.00 bits per heavy atom. The fourth-order valence-corrected chi connectivity index (χ4v) is 3.95. The van der Waals surface area contributed by atoms with Crippen molar-refractivity contribution in [2.45, 2.75) is 50.0 Å². The number of carbonyl (C=O) groups is 2. The third-order valence-electron chi connectivity index (χ3n) is 5.16. The molecule has 2 rings (SSSR count). The van der Waals surface area contributed by atoms with Crippen molar-refractivity contribution < 1.29 is 14.3 Å². The number of amides is 1. The molecule has 0 saturated heterocycles. The van der Waals surface area contributed by atoms with Gasteiger partial charge in [-0.3, -0.25) is 0 Å². The van der Waals surface area contributed by atoms with Crippen LogP contribution in [-0.4, -0.2) is 48.1 Å². The maximum absolute atomic E-state index is 12.2. The number of rotatable bonds is 10. The van der Waals surface area contributed by atoms with Crippen molar-refractivity contribution in [2.24, 2.45) is 0 Å². The summed E-state index contributed by atoms with van der Waals surface area (Å²) in [5, 5.41) is 6.26. The van der Waals surface area contributed by atoms with Gasteiger partial charge in [-0.05, 0) is 45.1 Å². The van der Waals surface area contributed by atoms with Crippen LogP contribution in [0.25, 0.3) is 0 Å². The van der Waals surface area contributed by atoms with Crippen LogP contribution in [0.1, 0.15) is 44.7 Å². The Labute approximate surface area is 190 Å². The molecule has 0 aliphatic rings. The Morgan fingerprint density at radius 3 is 1.94 bits per heavy atom. The second-order valence-electron chi connectivity index (χ2n) is 8.78. The molecule has 2 N–H and O–H groups in total. The van der Waals surface area contributed by atoms with Crippen LogP contribution >= 0.6 is 11.8 Å². The van der Waals surface area contributed by atoms with E-state index < -0.39 is 22.5 Å². The topological polar surface area (TPSA) is 67.4 Å². The molecule has 0 spiro atoms.